The summed E-state index contributed by atoms with van der Waals surface area (Å²) in [4.78, 5) is 16.1. The number of rotatable bonds is 3. The van der Waals surface area contributed by atoms with Gasteiger partial charge in [-0.3, -0.25) is 10.3 Å². The lowest BCUT2D eigenvalue weighted by molar-refractivity contribution is 0.155. The zero-order valence-electron chi connectivity index (χ0n) is 11.6. The molecule has 0 fully saturated rings. The third-order valence-corrected chi connectivity index (χ3v) is 3.79. The molecule has 110 valence electrons. The van der Waals surface area contributed by atoms with Crippen LogP contribution in [-0.4, -0.2) is 11.1 Å². The number of ether oxygens (including phenoxy) is 1. The number of halogens is 1. The molecule has 0 aliphatic carbocycles. The Bertz CT molecular complexity index is 801. The van der Waals surface area contributed by atoms with Crippen molar-refractivity contribution in [3.8, 4) is 0 Å². The highest BCUT2D eigenvalue weighted by atomic mass is 79.9. The highest BCUT2D eigenvalue weighted by Gasteiger charge is 2.09. The number of fused-ring (bicyclic) bond motifs is 1. The molecular weight excluding hydrogens is 344 g/mol. The van der Waals surface area contributed by atoms with Crippen molar-refractivity contribution in [1.29, 1.82) is 0 Å². The maximum absolute atomic E-state index is 12.0. The van der Waals surface area contributed by atoms with Crippen molar-refractivity contribution in [3.05, 3.63) is 71.0 Å². The quantitative estimate of drug-likeness (QED) is 0.736. The molecule has 2 aromatic carbocycles. The highest BCUT2D eigenvalue weighted by Crippen LogP contribution is 2.29. The number of nitrogens with zero attached hydrogens (tertiary/aromatic N) is 1. The Morgan fingerprint density at radius 1 is 1.09 bits per heavy atom. The van der Waals surface area contributed by atoms with Crippen LogP contribution in [0, 0.1) is 0 Å². The van der Waals surface area contributed by atoms with E-state index in [0.717, 1.165) is 20.8 Å². The van der Waals surface area contributed by atoms with Crippen molar-refractivity contribution in [3.63, 3.8) is 0 Å². The van der Waals surface area contributed by atoms with Gasteiger partial charge in [-0.1, -0.05) is 42.5 Å². The first-order chi connectivity index (χ1) is 10.7. The summed E-state index contributed by atoms with van der Waals surface area (Å²) in [6.45, 7) is 0.236. The maximum atomic E-state index is 12.0. The first-order valence-electron chi connectivity index (χ1n) is 6.74. The molecular formula is C17H13BrN2O2. The van der Waals surface area contributed by atoms with Crippen LogP contribution in [0.2, 0.25) is 0 Å². The van der Waals surface area contributed by atoms with E-state index in [1.807, 2.05) is 48.5 Å². The van der Waals surface area contributed by atoms with Crippen molar-refractivity contribution in [2.24, 2.45) is 0 Å². The van der Waals surface area contributed by atoms with Crippen LogP contribution >= 0.6 is 15.9 Å². The maximum Gasteiger partial charge on any atom is 0.411 e. The summed E-state index contributed by atoms with van der Waals surface area (Å²) >= 11 is 3.46. The number of anilines is 1. The zero-order chi connectivity index (χ0) is 15.4. The van der Waals surface area contributed by atoms with Crippen LogP contribution in [0.25, 0.3) is 10.8 Å². The summed E-state index contributed by atoms with van der Waals surface area (Å²) < 4.78 is 6.06. The van der Waals surface area contributed by atoms with E-state index in [-0.39, 0.29) is 6.61 Å². The average Bonchev–Trinajstić information content (AvgIpc) is 2.54. The molecule has 0 spiro atoms. The Hall–Kier alpha value is -2.40. The molecule has 1 amide bonds. The Kier molecular flexibility index (Phi) is 4.34. The molecule has 0 bridgehead atoms. The minimum atomic E-state index is -0.486. The van der Waals surface area contributed by atoms with Crippen molar-refractivity contribution < 1.29 is 9.53 Å². The van der Waals surface area contributed by atoms with E-state index in [4.69, 9.17) is 4.74 Å². The molecule has 22 heavy (non-hydrogen) atoms. The van der Waals surface area contributed by atoms with E-state index in [9.17, 15) is 4.79 Å². The molecule has 0 atom stereocenters. The molecule has 0 saturated carbocycles. The number of carbonyl (C=O) groups is 1. The van der Waals surface area contributed by atoms with Gasteiger partial charge in [-0.05, 0) is 27.6 Å². The van der Waals surface area contributed by atoms with Crippen LogP contribution in [0.4, 0.5) is 10.5 Å². The highest BCUT2D eigenvalue weighted by molar-refractivity contribution is 9.10. The summed E-state index contributed by atoms with van der Waals surface area (Å²) in [7, 11) is 0. The van der Waals surface area contributed by atoms with Gasteiger partial charge in [-0.25, -0.2) is 4.79 Å². The van der Waals surface area contributed by atoms with E-state index in [0.29, 0.717) is 5.69 Å². The lowest BCUT2D eigenvalue weighted by Crippen LogP contribution is -2.13. The summed E-state index contributed by atoms with van der Waals surface area (Å²) in [6.07, 6.45) is 2.96. The second-order valence-corrected chi connectivity index (χ2v) is 5.57. The number of aromatic nitrogens is 1. The summed E-state index contributed by atoms with van der Waals surface area (Å²) in [5.41, 5.74) is 1.63. The standard InChI is InChI=1S/C17H13BrN2O2/c18-14-10-19-9-13-7-4-8-15(16(13)14)20-17(21)22-11-12-5-2-1-3-6-12/h1-10H,11H2,(H,20,21). The predicted molar refractivity (Wildman–Crippen MR) is 89.7 cm³/mol. The second kappa shape index (κ2) is 6.58. The van der Waals surface area contributed by atoms with Gasteiger partial charge >= 0.3 is 6.09 Å². The SMILES string of the molecule is O=C(Nc1cccc2cncc(Br)c12)OCc1ccccc1. The van der Waals surface area contributed by atoms with Crippen molar-refractivity contribution in [1.82, 2.24) is 4.98 Å². The van der Waals surface area contributed by atoms with E-state index in [1.54, 1.807) is 12.4 Å². The minimum Gasteiger partial charge on any atom is -0.444 e. The zero-order valence-corrected chi connectivity index (χ0v) is 13.2. The van der Waals surface area contributed by atoms with Gasteiger partial charge in [0.05, 0.1) is 5.69 Å². The molecule has 1 aromatic heterocycles. The van der Waals surface area contributed by atoms with Crippen LogP contribution in [0.1, 0.15) is 5.56 Å². The number of pyridine rings is 1. The fourth-order valence-corrected chi connectivity index (χ4v) is 2.73. The average molecular weight is 357 g/mol. The van der Waals surface area contributed by atoms with Gasteiger partial charge in [0.1, 0.15) is 6.61 Å². The fourth-order valence-electron chi connectivity index (χ4n) is 2.17. The molecule has 1 heterocycles. The van der Waals surface area contributed by atoms with Gasteiger partial charge in [-0.2, -0.15) is 0 Å². The van der Waals surface area contributed by atoms with Crippen molar-refractivity contribution >= 4 is 38.5 Å². The predicted octanol–water partition coefficient (Wildman–Crippen LogP) is 4.75. The Morgan fingerprint density at radius 3 is 2.73 bits per heavy atom. The number of hydrogen-bond acceptors (Lipinski definition) is 3. The molecule has 1 N–H and O–H groups in total. The lowest BCUT2D eigenvalue weighted by Gasteiger charge is -2.10. The number of benzene rings is 2. The Balaban J connectivity index is 1.74. The molecule has 3 aromatic rings. The summed E-state index contributed by atoms with van der Waals surface area (Å²) in [5.74, 6) is 0. The molecule has 0 unspecified atom stereocenters. The van der Waals surface area contributed by atoms with Crippen molar-refractivity contribution in [2.75, 3.05) is 5.32 Å². The van der Waals surface area contributed by atoms with E-state index in [2.05, 4.69) is 26.2 Å². The smallest absolute Gasteiger partial charge is 0.411 e. The molecule has 4 nitrogen and oxygen atoms in total. The molecule has 0 saturated heterocycles. The number of carbonyl (C=O) groups excluding carboxylic acids is 1. The Labute approximate surface area is 136 Å². The Morgan fingerprint density at radius 2 is 1.91 bits per heavy atom. The van der Waals surface area contributed by atoms with Gasteiger partial charge in [-0.15, -0.1) is 0 Å². The first-order valence-corrected chi connectivity index (χ1v) is 7.53. The largest absolute Gasteiger partial charge is 0.444 e. The van der Waals surface area contributed by atoms with E-state index >= 15 is 0 Å². The second-order valence-electron chi connectivity index (χ2n) is 4.71. The van der Waals surface area contributed by atoms with Crippen molar-refractivity contribution in [2.45, 2.75) is 6.61 Å². The number of amides is 1. The molecule has 3 rings (SSSR count). The molecule has 0 radical (unpaired) electrons. The van der Waals surface area contributed by atoms with Gasteiger partial charge in [0.15, 0.2) is 0 Å². The van der Waals surface area contributed by atoms with E-state index in [1.165, 1.54) is 0 Å². The van der Waals surface area contributed by atoms with E-state index < -0.39 is 6.09 Å². The first kappa shape index (κ1) is 14.5. The van der Waals surface area contributed by atoms with Gasteiger partial charge < -0.3 is 4.74 Å². The van der Waals surface area contributed by atoms with Gasteiger partial charge in [0.25, 0.3) is 0 Å². The van der Waals surface area contributed by atoms with Crippen LogP contribution < -0.4 is 5.32 Å². The van der Waals surface area contributed by atoms with Gasteiger partial charge in [0.2, 0.25) is 0 Å². The fraction of sp³-hybridized carbons (Fsp3) is 0.0588. The molecule has 0 aliphatic rings. The summed E-state index contributed by atoms with van der Waals surface area (Å²) in [5, 5.41) is 4.61. The topological polar surface area (TPSA) is 51.2 Å². The number of hydrogen-bond donors (Lipinski definition) is 1. The van der Waals surface area contributed by atoms with Crippen LogP contribution in [0.3, 0.4) is 0 Å². The third kappa shape index (κ3) is 3.26. The number of nitrogens with one attached hydrogen (secondary N) is 1. The third-order valence-electron chi connectivity index (χ3n) is 3.19. The van der Waals surface area contributed by atoms with Gasteiger partial charge in [0, 0.05) is 27.6 Å². The summed E-state index contributed by atoms with van der Waals surface area (Å²) in [6, 6.07) is 15.2. The monoisotopic (exact) mass is 356 g/mol. The molecule has 0 aliphatic heterocycles. The minimum absolute atomic E-state index is 0.236. The normalized spacial score (nSPS) is 10.4. The molecule has 5 heteroatoms. The van der Waals surface area contributed by atoms with Crippen LogP contribution in [0.5, 0.6) is 0 Å². The van der Waals surface area contributed by atoms with Crippen LogP contribution in [0.15, 0.2) is 65.4 Å². The van der Waals surface area contributed by atoms with Crippen LogP contribution in [-0.2, 0) is 11.3 Å². The lowest BCUT2D eigenvalue weighted by atomic mass is 10.1.